The molecule has 2 aromatic rings. The lowest BCUT2D eigenvalue weighted by molar-refractivity contribution is -0.255. The Kier molecular flexibility index (Phi) is 3.28. The second-order valence-electron chi connectivity index (χ2n) is 5.39. The third-order valence-corrected chi connectivity index (χ3v) is 2.85. The maximum atomic E-state index is 11.1. The molecule has 0 aliphatic carbocycles. The standard InChI is InChI=1S/C13H17N3O3/c1-13(2,3)10-5-11-14-6-8(12(17)18)9(7-19-4)16(11)15-10/h5-6H,7H2,1-4H3,(H,17,18)/p-1. The first-order valence-corrected chi connectivity index (χ1v) is 5.93. The van der Waals surface area contributed by atoms with E-state index in [9.17, 15) is 9.90 Å². The molecule has 0 bridgehead atoms. The fourth-order valence-corrected chi connectivity index (χ4v) is 1.79. The van der Waals surface area contributed by atoms with Crippen LogP contribution in [0.3, 0.4) is 0 Å². The molecular weight excluding hydrogens is 246 g/mol. The van der Waals surface area contributed by atoms with Crippen molar-refractivity contribution < 1.29 is 14.6 Å². The van der Waals surface area contributed by atoms with Crippen molar-refractivity contribution in [2.45, 2.75) is 32.8 Å². The van der Waals surface area contributed by atoms with Gasteiger partial charge >= 0.3 is 0 Å². The summed E-state index contributed by atoms with van der Waals surface area (Å²) in [5, 5.41) is 15.5. The summed E-state index contributed by atoms with van der Waals surface area (Å²) in [5.74, 6) is -1.28. The molecule has 0 fully saturated rings. The van der Waals surface area contributed by atoms with Crippen molar-refractivity contribution >= 4 is 11.6 Å². The first-order valence-electron chi connectivity index (χ1n) is 5.93. The van der Waals surface area contributed by atoms with Gasteiger partial charge in [-0.15, -0.1) is 0 Å². The van der Waals surface area contributed by atoms with Gasteiger partial charge in [0.1, 0.15) is 0 Å². The van der Waals surface area contributed by atoms with Gasteiger partial charge in [0, 0.05) is 30.4 Å². The number of carbonyl (C=O) groups excluding carboxylic acids is 1. The summed E-state index contributed by atoms with van der Waals surface area (Å²) in [4.78, 5) is 15.2. The van der Waals surface area contributed by atoms with E-state index in [0.717, 1.165) is 5.69 Å². The summed E-state index contributed by atoms with van der Waals surface area (Å²) in [6, 6.07) is 1.85. The van der Waals surface area contributed by atoms with E-state index < -0.39 is 5.97 Å². The van der Waals surface area contributed by atoms with Crippen LogP contribution in [0.2, 0.25) is 0 Å². The van der Waals surface area contributed by atoms with Gasteiger partial charge in [-0.25, -0.2) is 9.50 Å². The second-order valence-corrected chi connectivity index (χ2v) is 5.39. The van der Waals surface area contributed by atoms with Gasteiger partial charge in [0.2, 0.25) is 0 Å². The fourth-order valence-electron chi connectivity index (χ4n) is 1.79. The van der Waals surface area contributed by atoms with Crippen LogP contribution in [-0.2, 0) is 16.8 Å². The van der Waals surface area contributed by atoms with Crippen molar-refractivity contribution in [1.29, 1.82) is 0 Å². The van der Waals surface area contributed by atoms with Crippen molar-refractivity contribution in [2.75, 3.05) is 7.11 Å². The molecule has 2 rings (SSSR count). The lowest BCUT2D eigenvalue weighted by Crippen LogP contribution is -2.25. The van der Waals surface area contributed by atoms with E-state index in [4.69, 9.17) is 4.74 Å². The minimum Gasteiger partial charge on any atom is -0.545 e. The predicted molar refractivity (Wildman–Crippen MR) is 66.7 cm³/mol. The van der Waals surface area contributed by atoms with Crippen molar-refractivity contribution in [3.05, 3.63) is 29.2 Å². The average Bonchev–Trinajstić information content (AvgIpc) is 2.73. The van der Waals surface area contributed by atoms with Gasteiger partial charge in [0.15, 0.2) is 5.65 Å². The molecule has 0 radical (unpaired) electrons. The summed E-state index contributed by atoms with van der Waals surface area (Å²) in [6.45, 7) is 6.23. The molecule has 19 heavy (non-hydrogen) atoms. The first kappa shape index (κ1) is 13.5. The normalized spacial score (nSPS) is 12.0. The van der Waals surface area contributed by atoms with E-state index >= 15 is 0 Å². The van der Waals surface area contributed by atoms with Crippen LogP contribution in [0, 0.1) is 0 Å². The number of hydrogen-bond donors (Lipinski definition) is 0. The Labute approximate surface area is 111 Å². The quantitative estimate of drug-likeness (QED) is 0.806. The maximum absolute atomic E-state index is 11.1. The summed E-state index contributed by atoms with van der Waals surface area (Å²) in [7, 11) is 1.50. The average molecular weight is 262 g/mol. The number of aromatic carboxylic acids is 1. The van der Waals surface area contributed by atoms with Crippen molar-refractivity contribution in [3.8, 4) is 0 Å². The van der Waals surface area contributed by atoms with Gasteiger partial charge in [-0.1, -0.05) is 20.8 Å². The lowest BCUT2D eigenvalue weighted by atomic mass is 9.93. The Hall–Kier alpha value is -1.95. The Balaban J connectivity index is 2.70. The Bertz CT molecular complexity index is 626. The molecule has 0 aromatic carbocycles. The van der Waals surface area contributed by atoms with Crippen molar-refractivity contribution in [3.63, 3.8) is 0 Å². The van der Waals surface area contributed by atoms with Crippen molar-refractivity contribution in [2.24, 2.45) is 0 Å². The Morgan fingerprint density at radius 2 is 2.16 bits per heavy atom. The molecule has 0 aliphatic heterocycles. The number of ether oxygens (including phenoxy) is 1. The van der Waals surface area contributed by atoms with Gasteiger partial charge in [0.25, 0.3) is 0 Å². The van der Waals surface area contributed by atoms with Crippen LogP contribution in [0.25, 0.3) is 5.65 Å². The molecule has 0 N–H and O–H groups in total. The smallest absolute Gasteiger partial charge is 0.155 e. The Morgan fingerprint density at radius 3 is 2.68 bits per heavy atom. The molecular formula is C13H16N3O3-. The zero-order valence-electron chi connectivity index (χ0n) is 11.4. The monoisotopic (exact) mass is 262 g/mol. The molecule has 0 spiro atoms. The topological polar surface area (TPSA) is 79.5 Å². The number of carbonyl (C=O) groups is 1. The lowest BCUT2D eigenvalue weighted by Gasteiger charge is -2.14. The minimum atomic E-state index is -1.28. The molecule has 6 heteroatoms. The van der Waals surface area contributed by atoms with Gasteiger partial charge < -0.3 is 14.6 Å². The summed E-state index contributed by atoms with van der Waals surface area (Å²) >= 11 is 0. The van der Waals surface area contributed by atoms with Crippen LogP contribution in [0.5, 0.6) is 0 Å². The molecule has 0 unspecified atom stereocenters. The summed E-state index contributed by atoms with van der Waals surface area (Å²) in [5.41, 5.74) is 1.73. The number of carboxylic acids is 1. The fraction of sp³-hybridized carbons (Fsp3) is 0.462. The van der Waals surface area contributed by atoms with E-state index in [1.54, 1.807) is 0 Å². The molecule has 0 aliphatic rings. The number of hydrogen-bond acceptors (Lipinski definition) is 5. The minimum absolute atomic E-state index is 0.00194. The predicted octanol–water partition coefficient (Wildman–Crippen LogP) is 0.537. The molecule has 2 heterocycles. The molecule has 0 amide bonds. The highest BCUT2D eigenvalue weighted by atomic mass is 16.5. The highest BCUT2D eigenvalue weighted by molar-refractivity contribution is 5.87. The number of nitrogens with zero attached hydrogens (tertiary/aromatic N) is 3. The molecule has 6 nitrogen and oxygen atoms in total. The van der Waals surface area contributed by atoms with Gasteiger partial charge in [-0.05, 0) is 0 Å². The van der Waals surface area contributed by atoms with Gasteiger partial charge in [-0.2, -0.15) is 5.10 Å². The second kappa shape index (κ2) is 4.62. The first-order chi connectivity index (χ1) is 8.84. The van der Waals surface area contributed by atoms with Crippen LogP contribution in [0.4, 0.5) is 0 Å². The van der Waals surface area contributed by atoms with Gasteiger partial charge in [0.05, 0.1) is 24.0 Å². The van der Waals surface area contributed by atoms with Crippen molar-refractivity contribution in [1.82, 2.24) is 14.6 Å². The number of fused-ring (bicyclic) bond motifs is 1. The largest absolute Gasteiger partial charge is 0.545 e. The molecule has 102 valence electrons. The zero-order valence-corrected chi connectivity index (χ0v) is 11.4. The van der Waals surface area contributed by atoms with E-state index in [1.165, 1.54) is 17.8 Å². The summed E-state index contributed by atoms with van der Waals surface area (Å²) < 4.78 is 6.55. The molecule has 0 saturated heterocycles. The molecule has 0 saturated carbocycles. The molecule has 2 aromatic heterocycles. The number of aromatic nitrogens is 3. The van der Waals surface area contributed by atoms with E-state index in [2.05, 4.69) is 10.1 Å². The Morgan fingerprint density at radius 1 is 1.47 bits per heavy atom. The third-order valence-electron chi connectivity index (χ3n) is 2.85. The maximum Gasteiger partial charge on any atom is 0.155 e. The summed E-state index contributed by atoms with van der Waals surface area (Å²) in [6.07, 6.45) is 1.28. The van der Waals surface area contributed by atoms with E-state index in [0.29, 0.717) is 11.3 Å². The highest BCUT2D eigenvalue weighted by Crippen LogP contribution is 2.22. The van der Waals surface area contributed by atoms with Crippen LogP contribution in [-0.4, -0.2) is 27.7 Å². The highest BCUT2D eigenvalue weighted by Gasteiger charge is 2.20. The number of methoxy groups -OCH3 is 1. The third kappa shape index (κ3) is 2.44. The van der Waals surface area contributed by atoms with Crippen LogP contribution >= 0.6 is 0 Å². The van der Waals surface area contributed by atoms with Gasteiger partial charge in [-0.3, -0.25) is 0 Å². The van der Waals surface area contributed by atoms with E-state index in [-0.39, 0.29) is 17.6 Å². The number of rotatable bonds is 3. The zero-order chi connectivity index (χ0) is 14.2. The molecule has 0 atom stereocenters. The number of carboxylic acid groups (broad SMARTS) is 1. The van der Waals surface area contributed by atoms with E-state index in [1.807, 2.05) is 26.8 Å². The van der Waals surface area contributed by atoms with Crippen LogP contribution in [0.1, 0.15) is 42.5 Å². The SMILES string of the molecule is COCc1c(C(=O)[O-])cnc2cc(C(C)(C)C)nn12. The van der Waals surface area contributed by atoms with Crippen LogP contribution < -0.4 is 5.11 Å². The van der Waals surface area contributed by atoms with Crippen LogP contribution in [0.15, 0.2) is 12.3 Å².